The fraction of sp³-hybridized carbons (Fsp3) is 0.474. The van der Waals surface area contributed by atoms with Crippen molar-refractivity contribution in [1.82, 2.24) is 15.2 Å². The van der Waals surface area contributed by atoms with E-state index < -0.39 is 0 Å². The van der Waals surface area contributed by atoms with Crippen molar-refractivity contribution in [3.8, 4) is 0 Å². The Labute approximate surface area is 152 Å². The summed E-state index contributed by atoms with van der Waals surface area (Å²) in [6, 6.07) is 8.43. The molecule has 0 aromatic carbocycles. The standard InChI is InChI=1S/C19H23N3O2S/c1-13-4-2-7-20-16(13)12-22-11-15(18-17(22)6-8-24-18)19(23)21-10-14-5-3-9-25-14/h2-5,7,9,15,17-18H,6,8,10-12H2,1H3,(H,21,23)/t15-,17+,18+/m0/s1. The minimum Gasteiger partial charge on any atom is -0.376 e. The predicted octanol–water partition coefficient (Wildman–Crippen LogP) is 2.36. The Kier molecular flexibility index (Phi) is 4.83. The molecule has 4 rings (SSSR count). The van der Waals surface area contributed by atoms with Crippen LogP contribution in [-0.2, 0) is 22.6 Å². The molecule has 0 aliphatic carbocycles. The van der Waals surface area contributed by atoms with Gasteiger partial charge in [0.25, 0.3) is 0 Å². The first-order chi connectivity index (χ1) is 12.2. The summed E-state index contributed by atoms with van der Waals surface area (Å²) < 4.78 is 5.93. The number of thiophene rings is 1. The van der Waals surface area contributed by atoms with Crippen LogP contribution < -0.4 is 5.32 Å². The maximum Gasteiger partial charge on any atom is 0.227 e. The lowest BCUT2D eigenvalue weighted by Crippen LogP contribution is -2.37. The van der Waals surface area contributed by atoms with Crippen LogP contribution in [0.5, 0.6) is 0 Å². The fourth-order valence-corrected chi connectivity index (χ4v) is 4.52. The second-order valence-electron chi connectivity index (χ2n) is 6.79. The van der Waals surface area contributed by atoms with Gasteiger partial charge >= 0.3 is 0 Å². The van der Waals surface area contributed by atoms with Crippen LogP contribution in [0.4, 0.5) is 0 Å². The number of ether oxygens (including phenoxy) is 1. The number of carbonyl (C=O) groups excluding carboxylic acids is 1. The van der Waals surface area contributed by atoms with Crippen molar-refractivity contribution in [3.63, 3.8) is 0 Å². The molecule has 1 N–H and O–H groups in total. The first kappa shape index (κ1) is 16.7. The van der Waals surface area contributed by atoms with E-state index in [0.29, 0.717) is 12.6 Å². The largest absolute Gasteiger partial charge is 0.376 e. The van der Waals surface area contributed by atoms with Gasteiger partial charge in [-0.3, -0.25) is 14.7 Å². The lowest BCUT2D eigenvalue weighted by molar-refractivity contribution is -0.127. The molecule has 132 valence electrons. The Hall–Kier alpha value is -1.76. The number of rotatable bonds is 5. The van der Waals surface area contributed by atoms with E-state index in [1.807, 2.05) is 29.8 Å². The Bertz CT molecular complexity index is 734. The SMILES string of the molecule is Cc1cccnc1CN1C[C@H](C(=O)NCc2cccs2)[C@H]2OCC[C@H]21. The van der Waals surface area contributed by atoms with Crippen LogP contribution in [-0.4, -0.2) is 41.1 Å². The zero-order valence-electron chi connectivity index (χ0n) is 14.4. The zero-order chi connectivity index (χ0) is 17.2. The minimum atomic E-state index is -0.100. The molecule has 4 heterocycles. The molecular formula is C19H23N3O2S. The number of aromatic nitrogens is 1. The van der Waals surface area contributed by atoms with Gasteiger partial charge in [0.2, 0.25) is 5.91 Å². The summed E-state index contributed by atoms with van der Waals surface area (Å²) in [6.45, 7) is 4.95. The van der Waals surface area contributed by atoms with Crippen LogP contribution in [0.15, 0.2) is 35.8 Å². The third-order valence-electron chi connectivity index (χ3n) is 5.22. The maximum absolute atomic E-state index is 12.7. The summed E-state index contributed by atoms with van der Waals surface area (Å²) in [7, 11) is 0. The predicted molar refractivity (Wildman–Crippen MR) is 97.2 cm³/mol. The molecule has 3 atom stereocenters. The summed E-state index contributed by atoms with van der Waals surface area (Å²) >= 11 is 1.67. The number of hydrogen-bond acceptors (Lipinski definition) is 5. The Morgan fingerprint density at radius 3 is 3.16 bits per heavy atom. The second-order valence-corrected chi connectivity index (χ2v) is 7.82. The molecule has 25 heavy (non-hydrogen) atoms. The fourth-order valence-electron chi connectivity index (χ4n) is 3.88. The number of nitrogens with zero attached hydrogens (tertiary/aromatic N) is 2. The third kappa shape index (κ3) is 3.47. The van der Waals surface area contributed by atoms with E-state index in [1.54, 1.807) is 11.3 Å². The van der Waals surface area contributed by atoms with E-state index in [9.17, 15) is 4.79 Å². The summed E-state index contributed by atoms with van der Waals surface area (Å²) in [5.41, 5.74) is 2.29. The summed E-state index contributed by atoms with van der Waals surface area (Å²) in [6.07, 6.45) is 2.84. The van der Waals surface area contributed by atoms with Gasteiger partial charge in [-0.05, 0) is 36.4 Å². The summed E-state index contributed by atoms with van der Waals surface area (Å²) in [5, 5.41) is 5.12. The molecule has 2 aromatic heterocycles. The van der Waals surface area contributed by atoms with Crippen molar-refractivity contribution in [1.29, 1.82) is 0 Å². The zero-order valence-corrected chi connectivity index (χ0v) is 15.2. The highest BCUT2D eigenvalue weighted by Gasteiger charge is 2.48. The molecule has 0 saturated carbocycles. The number of likely N-dealkylation sites (tertiary alicyclic amines) is 1. The van der Waals surface area contributed by atoms with Gasteiger partial charge in [0, 0.05) is 36.8 Å². The van der Waals surface area contributed by atoms with Gasteiger partial charge in [0.15, 0.2) is 0 Å². The second kappa shape index (κ2) is 7.23. The van der Waals surface area contributed by atoms with Crippen LogP contribution in [0.2, 0.25) is 0 Å². The van der Waals surface area contributed by atoms with E-state index in [0.717, 1.165) is 31.8 Å². The quantitative estimate of drug-likeness (QED) is 0.893. The Balaban J connectivity index is 1.43. The number of pyridine rings is 1. The summed E-state index contributed by atoms with van der Waals surface area (Å²) in [4.78, 5) is 20.8. The van der Waals surface area contributed by atoms with E-state index in [4.69, 9.17) is 4.74 Å². The molecular weight excluding hydrogens is 334 g/mol. The molecule has 2 aliphatic rings. The lowest BCUT2D eigenvalue weighted by Gasteiger charge is -2.22. The van der Waals surface area contributed by atoms with Crippen molar-refractivity contribution in [2.75, 3.05) is 13.2 Å². The Morgan fingerprint density at radius 2 is 2.36 bits per heavy atom. The van der Waals surface area contributed by atoms with Crippen molar-refractivity contribution in [2.45, 2.75) is 38.6 Å². The van der Waals surface area contributed by atoms with Crippen LogP contribution >= 0.6 is 11.3 Å². The summed E-state index contributed by atoms with van der Waals surface area (Å²) in [5.74, 6) is 0.00187. The van der Waals surface area contributed by atoms with Crippen LogP contribution in [0, 0.1) is 12.8 Å². The van der Waals surface area contributed by atoms with Crippen molar-refractivity contribution in [2.24, 2.45) is 5.92 Å². The van der Waals surface area contributed by atoms with Crippen LogP contribution in [0.1, 0.15) is 22.6 Å². The molecule has 1 amide bonds. The highest BCUT2D eigenvalue weighted by Crippen LogP contribution is 2.34. The molecule has 2 saturated heterocycles. The van der Waals surface area contributed by atoms with Crippen molar-refractivity contribution >= 4 is 17.2 Å². The van der Waals surface area contributed by atoms with E-state index >= 15 is 0 Å². The monoisotopic (exact) mass is 357 g/mol. The van der Waals surface area contributed by atoms with E-state index in [2.05, 4.69) is 28.2 Å². The third-order valence-corrected chi connectivity index (χ3v) is 6.10. The van der Waals surface area contributed by atoms with Gasteiger partial charge in [-0.15, -0.1) is 11.3 Å². The van der Waals surface area contributed by atoms with E-state index in [1.165, 1.54) is 10.4 Å². The van der Waals surface area contributed by atoms with Crippen molar-refractivity contribution < 1.29 is 9.53 Å². The molecule has 0 radical (unpaired) electrons. The highest BCUT2D eigenvalue weighted by atomic mass is 32.1. The minimum absolute atomic E-state index is 0.00681. The molecule has 0 spiro atoms. The number of fused-ring (bicyclic) bond motifs is 1. The van der Waals surface area contributed by atoms with E-state index in [-0.39, 0.29) is 17.9 Å². The first-order valence-electron chi connectivity index (χ1n) is 8.78. The number of aryl methyl sites for hydroxylation is 1. The molecule has 0 bridgehead atoms. The number of amides is 1. The smallest absolute Gasteiger partial charge is 0.227 e. The molecule has 2 aliphatic heterocycles. The first-order valence-corrected chi connectivity index (χ1v) is 9.66. The average molecular weight is 357 g/mol. The molecule has 0 unspecified atom stereocenters. The number of hydrogen-bond donors (Lipinski definition) is 1. The normalized spacial score (nSPS) is 25.9. The van der Waals surface area contributed by atoms with Gasteiger partial charge in [0.05, 0.1) is 24.3 Å². The highest BCUT2D eigenvalue weighted by molar-refractivity contribution is 7.09. The number of nitrogens with one attached hydrogen (secondary N) is 1. The Morgan fingerprint density at radius 1 is 1.44 bits per heavy atom. The number of carbonyl (C=O) groups is 1. The van der Waals surface area contributed by atoms with Gasteiger partial charge in [0.1, 0.15) is 0 Å². The maximum atomic E-state index is 12.7. The van der Waals surface area contributed by atoms with Crippen molar-refractivity contribution in [3.05, 3.63) is 52.0 Å². The van der Waals surface area contributed by atoms with Gasteiger partial charge in [-0.1, -0.05) is 12.1 Å². The lowest BCUT2D eigenvalue weighted by atomic mass is 10.0. The molecule has 2 fully saturated rings. The average Bonchev–Trinajstić information content (AvgIpc) is 3.33. The van der Waals surface area contributed by atoms with Gasteiger partial charge in [-0.25, -0.2) is 0 Å². The molecule has 2 aromatic rings. The van der Waals surface area contributed by atoms with Crippen LogP contribution in [0.25, 0.3) is 0 Å². The van der Waals surface area contributed by atoms with Gasteiger partial charge in [-0.2, -0.15) is 0 Å². The molecule has 5 nitrogen and oxygen atoms in total. The topological polar surface area (TPSA) is 54.5 Å². The van der Waals surface area contributed by atoms with Gasteiger partial charge < -0.3 is 10.1 Å². The molecule has 6 heteroatoms. The van der Waals surface area contributed by atoms with Crippen LogP contribution in [0.3, 0.4) is 0 Å².